The SMILES string of the molecule is CC1(C)CN(S(C)(C)C)CCN1S(C)(=O)=O. The molecule has 1 saturated heterocycles. The monoisotopic (exact) mass is 268 g/mol. The molecule has 0 aliphatic carbocycles. The highest BCUT2D eigenvalue weighted by molar-refractivity contribution is 8.30. The second-order valence-electron chi connectivity index (χ2n) is 5.78. The van der Waals surface area contributed by atoms with Crippen molar-refractivity contribution in [3.63, 3.8) is 0 Å². The van der Waals surface area contributed by atoms with E-state index >= 15 is 0 Å². The molecule has 0 bridgehead atoms. The van der Waals surface area contributed by atoms with Gasteiger partial charge in [-0.05, 0) is 32.6 Å². The molecular weight excluding hydrogens is 244 g/mol. The highest BCUT2D eigenvalue weighted by Crippen LogP contribution is 2.43. The molecule has 0 aromatic carbocycles. The van der Waals surface area contributed by atoms with Crippen LogP contribution in [0.15, 0.2) is 0 Å². The Kier molecular flexibility index (Phi) is 3.71. The fourth-order valence-electron chi connectivity index (χ4n) is 2.18. The summed E-state index contributed by atoms with van der Waals surface area (Å²) in [5.41, 5.74) is -0.299. The second kappa shape index (κ2) is 4.15. The van der Waals surface area contributed by atoms with Gasteiger partial charge in [-0.2, -0.15) is 14.5 Å². The van der Waals surface area contributed by atoms with Crippen molar-refractivity contribution in [2.24, 2.45) is 0 Å². The minimum atomic E-state index is -3.09. The first-order chi connectivity index (χ1) is 6.94. The first-order valence-corrected chi connectivity index (χ1v) is 10.0. The summed E-state index contributed by atoms with van der Waals surface area (Å²) in [5.74, 6) is 0. The van der Waals surface area contributed by atoms with E-state index in [4.69, 9.17) is 0 Å². The van der Waals surface area contributed by atoms with Crippen molar-refractivity contribution in [2.75, 3.05) is 44.7 Å². The van der Waals surface area contributed by atoms with Crippen LogP contribution in [0, 0.1) is 0 Å². The standard InChI is InChI=1S/C10H24N2O2S2/c1-10(2)9-11(15(3,4)5)7-8-12(10)16(6,13)14/h7-9H2,1-6H3. The van der Waals surface area contributed by atoms with Gasteiger partial charge in [0, 0.05) is 25.2 Å². The van der Waals surface area contributed by atoms with Crippen LogP contribution in [-0.2, 0) is 10.0 Å². The molecule has 0 aromatic rings. The third-order valence-electron chi connectivity index (χ3n) is 2.97. The summed E-state index contributed by atoms with van der Waals surface area (Å²) >= 11 is 0. The number of rotatable bonds is 2. The van der Waals surface area contributed by atoms with Gasteiger partial charge in [-0.15, -0.1) is 0 Å². The largest absolute Gasteiger partial charge is 0.265 e. The smallest absolute Gasteiger partial charge is 0.211 e. The van der Waals surface area contributed by atoms with E-state index in [1.165, 1.54) is 6.26 Å². The predicted octanol–water partition coefficient (Wildman–Crippen LogP) is 0.951. The van der Waals surface area contributed by atoms with Gasteiger partial charge in [-0.1, -0.05) is 0 Å². The normalized spacial score (nSPS) is 25.6. The maximum atomic E-state index is 11.7. The van der Waals surface area contributed by atoms with Crippen molar-refractivity contribution in [3.05, 3.63) is 0 Å². The molecule has 0 aromatic heterocycles. The minimum Gasteiger partial charge on any atom is -0.265 e. The minimum absolute atomic E-state index is 0.299. The molecule has 0 saturated carbocycles. The summed E-state index contributed by atoms with van der Waals surface area (Å²) in [6, 6.07) is 0. The molecule has 0 unspecified atom stereocenters. The zero-order chi connectivity index (χ0) is 12.8. The fraction of sp³-hybridized carbons (Fsp3) is 1.00. The Balaban J connectivity index is 2.90. The van der Waals surface area contributed by atoms with Crippen LogP contribution in [0.1, 0.15) is 13.8 Å². The first kappa shape index (κ1) is 14.3. The van der Waals surface area contributed by atoms with Gasteiger partial charge in [-0.25, -0.2) is 8.42 Å². The zero-order valence-electron chi connectivity index (χ0n) is 11.1. The van der Waals surface area contributed by atoms with Crippen molar-refractivity contribution in [1.29, 1.82) is 0 Å². The van der Waals surface area contributed by atoms with Crippen LogP contribution in [-0.4, -0.2) is 67.2 Å². The predicted molar refractivity (Wildman–Crippen MR) is 72.6 cm³/mol. The molecule has 6 heteroatoms. The van der Waals surface area contributed by atoms with Crippen LogP contribution < -0.4 is 0 Å². The van der Waals surface area contributed by atoms with Crippen molar-refractivity contribution >= 4 is 20.2 Å². The average Bonchev–Trinajstić information content (AvgIpc) is 1.97. The quantitative estimate of drug-likeness (QED) is 0.749. The van der Waals surface area contributed by atoms with Crippen molar-refractivity contribution in [1.82, 2.24) is 8.61 Å². The molecule has 1 aliphatic heterocycles. The van der Waals surface area contributed by atoms with E-state index in [1.807, 2.05) is 13.8 Å². The highest BCUT2D eigenvalue weighted by Gasteiger charge is 2.40. The van der Waals surface area contributed by atoms with E-state index in [9.17, 15) is 8.42 Å². The molecule has 1 rings (SSSR count). The Morgan fingerprint density at radius 1 is 1.00 bits per heavy atom. The van der Waals surface area contributed by atoms with Crippen LogP contribution in [0.2, 0.25) is 0 Å². The molecule has 0 N–H and O–H groups in total. The number of hydrogen-bond acceptors (Lipinski definition) is 3. The molecule has 4 nitrogen and oxygen atoms in total. The van der Waals surface area contributed by atoms with Gasteiger partial charge in [0.1, 0.15) is 0 Å². The average molecular weight is 268 g/mol. The lowest BCUT2D eigenvalue weighted by molar-refractivity contribution is 0.138. The van der Waals surface area contributed by atoms with Gasteiger partial charge < -0.3 is 0 Å². The Bertz CT molecular complexity index is 358. The lowest BCUT2D eigenvalue weighted by Crippen LogP contribution is -2.60. The van der Waals surface area contributed by atoms with Crippen LogP contribution in [0.25, 0.3) is 0 Å². The van der Waals surface area contributed by atoms with Gasteiger partial charge in [0.25, 0.3) is 0 Å². The molecule has 0 atom stereocenters. The van der Waals surface area contributed by atoms with Gasteiger partial charge in [0.05, 0.1) is 6.26 Å². The van der Waals surface area contributed by atoms with Crippen molar-refractivity contribution in [3.8, 4) is 0 Å². The van der Waals surface area contributed by atoms with Crippen LogP contribution in [0.4, 0.5) is 0 Å². The first-order valence-electron chi connectivity index (χ1n) is 5.36. The summed E-state index contributed by atoms with van der Waals surface area (Å²) in [4.78, 5) is 0. The Hall–Kier alpha value is 0.220. The van der Waals surface area contributed by atoms with Crippen LogP contribution in [0.3, 0.4) is 0 Å². The summed E-state index contributed by atoms with van der Waals surface area (Å²) < 4.78 is 27.4. The summed E-state index contributed by atoms with van der Waals surface area (Å²) in [7, 11) is -3.84. The molecule has 16 heavy (non-hydrogen) atoms. The van der Waals surface area contributed by atoms with E-state index in [1.54, 1.807) is 4.31 Å². The van der Waals surface area contributed by atoms with E-state index < -0.39 is 20.2 Å². The van der Waals surface area contributed by atoms with Gasteiger partial charge >= 0.3 is 0 Å². The lowest BCUT2D eigenvalue weighted by Gasteiger charge is -2.51. The summed E-state index contributed by atoms with van der Waals surface area (Å²) in [5, 5.41) is 0. The molecule has 0 amide bonds. The van der Waals surface area contributed by atoms with Gasteiger partial charge in [0.15, 0.2) is 0 Å². The van der Waals surface area contributed by atoms with Gasteiger partial charge in [-0.3, -0.25) is 4.31 Å². The fourth-order valence-corrected chi connectivity index (χ4v) is 4.88. The third kappa shape index (κ3) is 3.12. The second-order valence-corrected chi connectivity index (χ2v) is 11.8. The van der Waals surface area contributed by atoms with Crippen LogP contribution in [0.5, 0.6) is 0 Å². The molecule has 0 radical (unpaired) electrons. The van der Waals surface area contributed by atoms with Crippen LogP contribution >= 0.6 is 10.2 Å². The maximum Gasteiger partial charge on any atom is 0.211 e. The molecular formula is C10H24N2O2S2. The van der Waals surface area contributed by atoms with E-state index in [2.05, 4.69) is 23.1 Å². The lowest BCUT2D eigenvalue weighted by atomic mass is 10.0. The third-order valence-corrected chi connectivity index (χ3v) is 6.30. The number of piperazine rings is 1. The molecule has 98 valence electrons. The van der Waals surface area contributed by atoms with Gasteiger partial charge in [0.2, 0.25) is 10.0 Å². The topological polar surface area (TPSA) is 40.6 Å². The number of sulfonamides is 1. The number of nitrogens with zero attached hydrogens (tertiary/aromatic N) is 2. The Morgan fingerprint density at radius 3 is 1.81 bits per heavy atom. The molecule has 1 fully saturated rings. The highest BCUT2D eigenvalue weighted by atomic mass is 32.3. The summed E-state index contributed by atoms with van der Waals surface area (Å²) in [6.07, 6.45) is 8.05. The Morgan fingerprint density at radius 2 is 1.50 bits per heavy atom. The molecule has 0 spiro atoms. The summed E-state index contributed by atoms with van der Waals surface area (Å²) in [6.45, 7) is 6.28. The van der Waals surface area contributed by atoms with E-state index in [0.29, 0.717) is 6.54 Å². The Labute approximate surface area is 101 Å². The molecule has 1 aliphatic rings. The number of hydrogen-bond donors (Lipinski definition) is 0. The van der Waals surface area contributed by atoms with Crippen molar-refractivity contribution in [2.45, 2.75) is 19.4 Å². The molecule has 1 heterocycles. The zero-order valence-corrected chi connectivity index (χ0v) is 12.8. The van der Waals surface area contributed by atoms with E-state index in [0.717, 1.165) is 13.1 Å². The maximum absolute atomic E-state index is 11.7. The van der Waals surface area contributed by atoms with E-state index in [-0.39, 0.29) is 5.54 Å². The van der Waals surface area contributed by atoms with Crippen molar-refractivity contribution < 1.29 is 8.42 Å².